The Morgan fingerprint density at radius 1 is 1.00 bits per heavy atom. The number of amides is 1. The minimum absolute atomic E-state index is 0.0444. The summed E-state index contributed by atoms with van der Waals surface area (Å²) in [4.78, 5) is 16.6. The zero-order valence-corrected chi connectivity index (χ0v) is 18.3. The maximum absolute atomic E-state index is 12.6. The Labute approximate surface area is 183 Å². The van der Waals surface area contributed by atoms with E-state index < -0.39 is 6.10 Å². The molecule has 0 saturated carbocycles. The standard InChI is InChI=1S/C24H30N2O5/c1-29-21-15-18(16-22(30-2)24(21)31-3)9-10-23(28)26-13-11-25(12-14-26)17-20(27)19-7-5-4-6-8-19/h4-10,15-16,20,27H,11-14,17H2,1-3H3. The van der Waals surface area contributed by atoms with Crippen molar-refractivity contribution < 1.29 is 24.1 Å². The second-order valence-electron chi connectivity index (χ2n) is 7.34. The summed E-state index contributed by atoms with van der Waals surface area (Å²) in [7, 11) is 4.67. The lowest BCUT2D eigenvalue weighted by Crippen LogP contribution is -2.49. The molecule has 1 fully saturated rings. The third-order valence-electron chi connectivity index (χ3n) is 5.40. The van der Waals surface area contributed by atoms with Crippen LogP contribution >= 0.6 is 0 Å². The number of nitrogens with zero attached hydrogens (tertiary/aromatic N) is 2. The minimum Gasteiger partial charge on any atom is -0.493 e. The average Bonchev–Trinajstić information content (AvgIpc) is 2.82. The van der Waals surface area contributed by atoms with E-state index in [1.165, 1.54) is 0 Å². The summed E-state index contributed by atoms with van der Waals surface area (Å²) in [5, 5.41) is 10.4. The second kappa shape index (κ2) is 10.8. The number of ether oxygens (including phenoxy) is 3. The van der Waals surface area contributed by atoms with Gasteiger partial charge in [-0.15, -0.1) is 0 Å². The van der Waals surface area contributed by atoms with Crippen LogP contribution in [0.1, 0.15) is 17.2 Å². The van der Waals surface area contributed by atoms with Gasteiger partial charge >= 0.3 is 0 Å². The van der Waals surface area contributed by atoms with Crippen LogP contribution < -0.4 is 14.2 Å². The van der Waals surface area contributed by atoms with E-state index in [2.05, 4.69) is 4.90 Å². The summed E-state index contributed by atoms with van der Waals surface area (Å²) in [5.74, 6) is 1.55. The van der Waals surface area contributed by atoms with Gasteiger partial charge in [0.05, 0.1) is 27.4 Å². The molecule has 1 aliphatic rings. The van der Waals surface area contributed by atoms with Gasteiger partial charge in [0.25, 0.3) is 0 Å². The summed E-state index contributed by atoms with van der Waals surface area (Å²) in [6, 6.07) is 13.2. The number of aliphatic hydroxyl groups is 1. The van der Waals surface area contributed by atoms with Crippen LogP contribution in [0.4, 0.5) is 0 Å². The van der Waals surface area contributed by atoms with Crippen molar-refractivity contribution in [2.45, 2.75) is 6.10 Å². The topological polar surface area (TPSA) is 71.5 Å². The van der Waals surface area contributed by atoms with Crippen molar-refractivity contribution in [1.29, 1.82) is 0 Å². The number of β-amino-alcohol motifs (C(OH)–C–C–N with tert-alkyl or cyclic N) is 1. The van der Waals surface area contributed by atoms with Gasteiger partial charge in [0.15, 0.2) is 11.5 Å². The highest BCUT2D eigenvalue weighted by molar-refractivity contribution is 5.92. The monoisotopic (exact) mass is 426 g/mol. The molecule has 1 amide bonds. The van der Waals surface area contributed by atoms with Crippen LogP contribution in [0.3, 0.4) is 0 Å². The van der Waals surface area contributed by atoms with Crippen LogP contribution in [0, 0.1) is 0 Å². The fourth-order valence-corrected chi connectivity index (χ4v) is 3.65. The van der Waals surface area contributed by atoms with Crippen molar-refractivity contribution in [1.82, 2.24) is 9.80 Å². The van der Waals surface area contributed by atoms with Crippen LogP contribution in [0.5, 0.6) is 17.2 Å². The number of methoxy groups -OCH3 is 3. The van der Waals surface area contributed by atoms with Crippen molar-refractivity contribution in [3.05, 3.63) is 59.7 Å². The zero-order chi connectivity index (χ0) is 22.2. The van der Waals surface area contributed by atoms with Gasteiger partial charge in [-0.2, -0.15) is 0 Å². The Hall–Kier alpha value is -3.03. The van der Waals surface area contributed by atoms with Gasteiger partial charge in [-0.3, -0.25) is 9.69 Å². The normalized spacial score (nSPS) is 15.7. The summed E-state index contributed by atoms with van der Waals surface area (Å²) < 4.78 is 16.0. The van der Waals surface area contributed by atoms with E-state index in [0.717, 1.165) is 24.2 Å². The highest BCUT2D eigenvalue weighted by atomic mass is 16.5. The lowest BCUT2D eigenvalue weighted by molar-refractivity contribution is -0.127. The van der Waals surface area contributed by atoms with Gasteiger partial charge in [0.2, 0.25) is 11.7 Å². The zero-order valence-electron chi connectivity index (χ0n) is 18.3. The summed E-state index contributed by atoms with van der Waals surface area (Å²) >= 11 is 0. The number of rotatable bonds is 8. The molecule has 1 atom stereocenters. The Morgan fingerprint density at radius 2 is 1.61 bits per heavy atom. The van der Waals surface area contributed by atoms with E-state index in [9.17, 15) is 9.90 Å². The van der Waals surface area contributed by atoms with Gasteiger partial charge in [-0.25, -0.2) is 0 Å². The van der Waals surface area contributed by atoms with E-state index in [1.807, 2.05) is 35.2 Å². The Bertz CT molecular complexity index is 867. The number of carbonyl (C=O) groups is 1. The SMILES string of the molecule is COc1cc(C=CC(=O)N2CCN(CC(O)c3ccccc3)CC2)cc(OC)c1OC. The lowest BCUT2D eigenvalue weighted by Gasteiger charge is -2.35. The van der Waals surface area contributed by atoms with Crippen LogP contribution in [0.2, 0.25) is 0 Å². The van der Waals surface area contributed by atoms with Crippen molar-refractivity contribution in [3.63, 3.8) is 0 Å². The molecule has 1 heterocycles. The lowest BCUT2D eigenvalue weighted by atomic mass is 10.1. The molecule has 0 bridgehead atoms. The maximum atomic E-state index is 12.6. The van der Waals surface area contributed by atoms with Crippen molar-refractivity contribution in [2.24, 2.45) is 0 Å². The molecule has 166 valence electrons. The molecular weight excluding hydrogens is 396 g/mol. The van der Waals surface area contributed by atoms with E-state index in [-0.39, 0.29) is 5.91 Å². The number of benzene rings is 2. The number of hydrogen-bond acceptors (Lipinski definition) is 6. The molecule has 7 heteroatoms. The number of aliphatic hydroxyl groups excluding tert-OH is 1. The Kier molecular flexibility index (Phi) is 7.92. The highest BCUT2D eigenvalue weighted by Crippen LogP contribution is 2.38. The quantitative estimate of drug-likeness (QED) is 0.655. The van der Waals surface area contributed by atoms with Crippen molar-refractivity contribution >= 4 is 12.0 Å². The minimum atomic E-state index is -0.525. The fraction of sp³-hybridized carbons (Fsp3) is 0.375. The van der Waals surface area contributed by atoms with Crippen LogP contribution in [0.15, 0.2) is 48.5 Å². The first-order valence-electron chi connectivity index (χ1n) is 10.3. The van der Waals surface area contributed by atoms with Gasteiger partial charge in [-0.1, -0.05) is 30.3 Å². The average molecular weight is 427 g/mol. The van der Waals surface area contributed by atoms with Crippen LogP contribution in [-0.4, -0.2) is 74.9 Å². The number of hydrogen-bond donors (Lipinski definition) is 1. The largest absolute Gasteiger partial charge is 0.493 e. The molecule has 1 saturated heterocycles. The molecule has 31 heavy (non-hydrogen) atoms. The molecule has 2 aromatic rings. The van der Waals surface area contributed by atoms with Gasteiger partial charge < -0.3 is 24.2 Å². The molecule has 0 aromatic heterocycles. The summed E-state index contributed by atoms with van der Waals surface area (Å²) in [6.07, 6.45) is 2.79. The molecule has 1 unspecified atom stereocenters. The Morgan fingerprint density at radius 3 is 2.16 bits per heavy atom. The molecule has 1 N–H and O–H groups in total. The van der Waals surface area contributed by atoms with Crippen molar-refractivity contribution in [2.75, 3.05) is 54.1 Å². The third-order valence-corrected chi connectivity index (χ3v) is 5.40. The van der Waals surface area contributed by atoms with Gasteiger partial charge in [0, 0.05) is 38.8 Å². The molecule has 0 radical (unpaired) electrons. The molecular formula is C24H30N2O5. The van der Waals surface area contributed by atoms with Gasteiger partial charge in [0.1, 0.15) is 0 Å². The predicted molar refractivity (Wildman–Crippen MR) is 120 cm³/mol. The van der Waals surface area contributed by atoms with E-state index >= 15 is 0 Å². The Balaban J connectivity index is 1.56. The molecule has 0 spiro atoms. The number of piperazine rings is 1. The molecule has 7 nitrogen and oxygen atoms in total. The highest BCUT2D eigenvalue weighted by Gasteiger charge is 2.22. The van der Waals surface area contributed by atoms with Gasteiger partial charge in [-0.05, 0) is 29.3 Å². The molecule has 0 aliphatic carbocycles. The first-order chi connectivity index (χ1) is 15.0. The first-order valence-corrected chi connectivity index (χ1v) is 10.3. The van der Waals surface area contributed by atoms with E-state index in [4.69, 9.17) is 14.2 Å². The molecule has 2 aromatic carbocycles. The molecule has 1 aliphatic heterocycles. The fourth-order valence-electron chi connectivity index (χ4n) is 3.65. The summed E-state index contributed by atoms with van der Waals surface area (Å²) in [5.41, 5.74) is 1.70. The predicted octanol–water partition coefficient (Wildman–Crippen LogP) is 2.60. The summed E-state index contributed by atoms with van der Waals surface area (Å²) in [6.45, 7) is 3.27. The third kappa shape index (κ3) is 5.77. The van der Waals surface area contributed by atoms with Crippen LogP contribution in [-0.2, 0) is 4.79 Å². The van der Waals surface area contributed by atoms with E-state index in [1.54, 1.807) is 45.6 Å². The smallest absolute Gasteiger partial charge is 0.246 e. The first kappa shape index (κ1) is 22.7. The number of carbonyl (C=O) groups excluding carboxylic acids is 1. The van der Waals surface area contributed by atoms with Crippen molar-refractivity contribution in [3.8, 4) is 17.2 Å². The second-order valence-corrected chi connectivity index (χ2v) is 7.34. The van der Waals surface area contributed by atoms with E-state index in [0.29, 0.717) is 36.9 Å². The molecule has 3 rings (SSSR count). The van der Waals surface area contributed by atoms with Crippen LogP contribution in [0.25, 0.3) is 6.08 Å². The maximum Gasteiger partial charge on any atom is 0.246 e.